The number of benzene rings is 1. The van der Waals surface area contributed by atoms with Crippen LogP contribution < -0.4 is 10.6 Å². The molecule has 1 heterocycles. The van der Waals surface area contributed by atoms with Crippen molar-refractivity contribution in [3.05, 3.63) is 39.9 Å². The molecule has 0 aromatic heterocycles. The highest BCUT2D eigenvalue weighted by molar-refractivity contribution is 14.0. The Morgan fingerprint density at radius 1 is 1.14 bits per heavy atom. The molecule has 1 unspecified atom stereocenters. The first-order valence-electron chi connectivity index (χ1n) is 9.90. The van der Waals surface area contributed by atoms with Gasteiger partial charge in [0.05, 0.1) is 23.0 Å². The zero-order chi connectivity index (χ0) is 20.0. The summed E-state index contributed by atoms with van der Waals surface area (Å²) in [5.74, 6) is 1.58. The van der Waals surface area contributed by atoms with Crippen molar-refractivity contribution in [1.29, 1.82) is 0 Å². The van der Waals surface area contributed by atoms with E-state index in [1.165, 1.54) is 44.2 Å². The van der Waals surface area contributed by atoms with E-state index in [0.29, 0.717) is 24.8 Å². The number of nitrogens with one attached hydrogen (secondary N) is 2. The summed E-state index contributed by atoms with van der Waals surface area (Å²) in [5, 5.41) is 17.4. The van der Waals surface area contributed by atoms with Crippen LogP contribution in [0.5, 0.6) is 0 Å². The van der Waals surface area contributed by atoms with E-state index in [2.05, 4.69) is 15.6 Å². The molecule has 10 heteroatoms. The van der Waals surface area contributed by atoms with Crippen molar-refractivity contribution in [1.82, 2.24) is 10.6 Å². The number of nitrogens with zero attached hydrogens (tertiary/aromatic N) is 2. The summed E-state index contributed by atoms with van der Waals surface area (Å²) < 4.78 is 23.5. The minimum absolute atomic E-state index is 0. The molecule has 1 atom stereocenters. The molecule has 1 aliphatic carbocycles. The van der Waals surface area contributed by atoms with E-state index in [1.54, 1.807) is 12.1 Å². The van der Waals surface area contributed by atoms with E-state index >= 15 is 0 Å². The molecule has 3 rings (SSSR count). The fourth-order valence-corrected chi connectivity index (χ4v) is 5.45. The highest BCUT2D eigenvalue weighted by atomic mass is 127. The summed E-state index contributed by atoms with van der Waals surface area (Å²) in [6.07, 6.45) is 6.83. The molecule has 1 saturated heterocycles. The molecule has 1 aromatic rings. The average Bonchev–Trinajstić information content (AvgIpc) is 3.03. The molecule has 2 aliphatic rings. The lowest BCUT2D eigenvalue weighted by Crippen LogP contribution is -2.45. The Hall–Kier alpha value is -1.43. The molecule has 2 fully saturated rings. The number of nitro groups is 1. The number of sulfone groups is 1. The van der Waals surface area contributed by atoms with Crippen LogP contribution in [0.25, 0.3) is 0 Å². The normalized spacial score (nSPS) is 21.9. The van der Waals surface area contributed by atoms with Crippen molar-refractivity contribution >= 4 is 45.5 Å². The van der Waals surface area contributed by atoms with E-state index in [4.69, 9.17) is 0 Å². The van der Waals surface area contributed by atoms with Crippen LogP contribution >= 0.6 is 24.0 Å². The number of rotatable bonds is 6. The molecule has 1 aromatic carbocycles. The second-order valence-corrected chi connectivity index (χ2v) is 9.95. The smallest absolute Gasteiger partial charge is 0.269 e. The van der Waals surface area contributed by atoms with Gasteiger partial charge in [-0.2, -0.15) is 0 Å². The number of halogens is 1. The van der Waals surface area contributed by atoms with Gasteiger partial charge in [-0.25, -0.2) is 13.4 Å². The van der Waals surface area contributed by atoms with Crippen LogP contribution in [0.1, 0.15) is 44.1 Å². The molecule has 29 heavy (non-hydrogen) atoms. The Morgan fingerprint density at radius 3 is 2.41 bits per heavy atom. The monoisotopic (exact) mass is 536 g/mol. The number of hydrogen-bond acceptors (Lipinski definition) is 5. The molecule has 0 radical (unpaired) electrons. The summed E-state index contributed by atoms with van der Waals surface area (Å²) in [5.41, 5.74) is 0.918. The average molecular weight is 536 g/mol. The second kappa shape index (κ2) is 11.1. The fraction of sp³-hybridized carbons (Fsp3) is 0.632. The van der Waals surface area contributed by atoms with Crippen molar-refractivity contribution in [2.75, 3.05) is 18.1 Å². The molecule has 0 spiro atoms. The highest BCUT2D eigenvalue weighted by Crippen LogP contribution is 2.22. The maximum absolute atomic E-state index is 11.7. The molecule has 1 saturated carbocycles. The number of nitro benzene ring substituents is 1. The predicted octanol–water partition coefficient (Wildman–Crippen LogP) is 3.02. The molecule has 1 aliphatic heterocycles. The van der Waals surface area contributed by atoms with Crippen LogP contribution in [-0.4, -0.2) is 43.4 Å². The predicted molar refractivity (Wildman–Crippen MR) is 124 cm³/mol. The maximum Gasteiger partial charge on any atom is 0.269 e. The summed E-state index contributed by atoms with van der Waals surface area (Å²) in [6.45, 7) is 1.20. The lowest BCUT2D eigenvalue weighted by Gasteiger charge is -2.24. The van der Waals surface area contributed by atoms with Crippen LogP contribution in [0.4, 0.5) is 5.69 Å². The number of hydrogen-bond donors (Lipinski definition) is 2. The summed E-state index contributed by atoms with van der Waals surface area (Å²) in [4.78, 5) is 14.9. The third kappa shape index (κ3) is 7.72. The highest BCUT2D eigenvalue weighted by Gasteiger charge is 2.28. The Kier molecular flexibility index (Phi) is 9.12. The SMILES string of the molecule is I.O=[N+]([O-])c1ccc(CN=C(NCC2CCCCC2)NC2CCS(=O)(=O)C2)cc1. The van der Waals surface area contributed by atoms with Crippen molar-refractivity contribution < 1.29 is 13.3 Å². The van der Waals surface area contributed by atoms with Crippen molar-refractivity contribution in [2.45, 2.75) is 51.1 Å². The summed E-state index contributed by atoms with van der Waals surface area (Å²) >= 11 is 0. The first-order valence-corrected chi connectivity index (χ1v) is 11.7. The van der Waals surface area contributed by atoms with Crippen LogP contribution in [0.15, 0.2) is 29.3 Å². The second-order valence-electron chi connectivity index (χ2n) is 7.72. The number of aliphatic imine (C=N–C) groups is 1. The Bertz CT molecular complexity index is 808. The maximum atomic E-state index is 11.7. The van der Waals surface area contributed by atoms with Gasteiger partial charge >= 0.3 is 0 Å². The van der Waals surface area contributed by atoms with Gasteiger partial charge in [-0.3, -0.25) is 10.1 Å². The lowest BCUT2D eigenvalue weighted by atomic mass is 9.89. The Morgan fingerprint density at radius 2 is 1.83 bits per heavy atom. The van der Waals surface area contributed by atoms with Gasteiger partial charge < -0.3 is 10.6 Å². The minimum Gasteiger partial charge on any atom is -0.356 e. The van der Waals surface area contributed by atoms with E-state index in [-0.39, 0.29) is 47.2 Å². The molecule has 2 N–H and O–H groups in total. The van der Waals surface area contributed by atoms with E-state index < -0.39 is 14.8 Å². The van der Waals surface area contributed by atoms with Gasteiger partial charge in [0.1, 0.15) is 0 Å². The topological polar surface area (TPSA) is 114 Å². The number of guanidine groups is 1. The fourth-order valence-electron chi connectivity index (χ4n) is 3.78. The van der Waals surface area contributed by atoms with Gasteiger partial charge in [-0.1, -0.05) is 31.4 Å². The molecular weight excluding hydrogens is 507 g/mol. The first-order chi connectivity index (χ1) is 13.4. The van der Waals surface area contributed by atoms with Crippen molar-refractivity contribution in [3.8, 4) is 0 Å². The molecule has 0 bridgehead atoms. The quantitative estimate of drug-likeness (QED) is 0.190. The lowest BCUT2D eigenvalue weighted by molar-refractivity contribution is -0.384. The molecule has 8 nitrogen and oxygen atoms in total. The van der Waals surface area contributed by atoms with E-state index in [0.717, 1.165) is 12.1 Å². The molecular formula is C19H29IN4O4S. The van der Waals surface area contributed by atoms with Gasteiger partial charge in [0.2, 0.25) is 0 Å². The first kappa shape index (κ1) is 23.8. The van der Waals surface area contributed by atoms with E-state index in [1.807, 2.05) is 0 Å². The number of non-ortho nitro benzene ring substituents is 1. The van der Waals surface area contributed by atoms with Gasteiger partial charge in [-0.15, -0.1) is 24.0 Å². The van der Waals surface area contributed by atoms with Crippen LogP contribution in [0, 0.1) is 16.0 Å². The molecule has 162 valence electrons. The molecule has 0 amide bonds. The summed E-state index contributed by atoms with van der Waals surface area (Å²) in [6, 6.07) is 6.20. The third-order valence-corrected chi connectivity index (χ3v) is 7.19. The minimum atomic E-state index is -2.97. The van der Waals surface area contributed by atoms with Crippen LogP contribution in [0.3, 0.4) is 0 Å². The Balaban J connectivity index is 0.00000300. The van der Waals surface area contributed by atoms with Gasteiger partial charge in [0.15, 0.2) is 15.8 Å². The standard InChI is InChI=1S/C19H28N4O4S.HI/c24-23(25)18-8-6-16(7-9-18)13-21-19(20-12-15-4-2-1-3-5-15)22-17-10-11-28(26,27)14-17;/h6-9,15,17H,1-5,10-14H2,(H2,20,21,22);1H. The largest absolute Gasteiger partial charge is 0.356 e. The van der Waals surface area contributed by atoms with Gasteiger partial charge in [0, 0.05) is 24.7 Å². The van der Waals surface area contributed by atoms with Gasteiger partial charge in [0.25, 0.3) is 5.69 Å². The Labute approximate surface area is 189 Å². The summed E-state index contributed by atoms with van der Waals surface area (Å²) in [7, 11) is -2.97. The third-order valence-electron chi connectivity index (χ3n) is 5.42. The van der Waals surface area contributed by atoms with Gasteiger partial charge in [-0.05, 0) is 30.7 Å². The van der Waals surface area contributed by atoms with Crippen LogP contribution in [0.2, 0.25) is 0 Å². The van der Waals surface area contributed by atoms with Crippen LogP contribution in [-0.2, 0) is 16.4 Å². The zero-order valence-electron chi connectivity index (χ0n) is 16.4. The van der Waals surface area contributed by atoms with Crippen molar-refractivity contribution in [3.63, 3.8) is 0 Å². The van der Waals surface area contributed by atoms with E-state index in [9.17, 15) is 18.5 Å². The van der Waals surface area contributed by atoms with Crippen molar-refractivity contribution in [2.24, 2.45) is 10.9 Å². The zero-order valence-corrected chi connectivity index (χ0v) is 19.5.